The molecule has 0 radical (unpaired) electrons. The van der Waals surface area contributed by atoms with E-state index < -0.39 is 12.1 Å². The van der Waals surface area contributed by atoms with Crippen molar-refractivity contribution >= 4 is 23.2 Å². The fraction of sp³-hybridized carbons (Fsp3) is 0.579. The molecule has 1 N–H and O–H groups in total. The van der Waals surface area contributed by atoms with E-state index in [-0.39, 0.29) is 18.1 Å². The first-order valence-electron chi connectivity index (χ1n) is 9.15. The highest BCUT2D eigenvalue weighted by Crippen LogP contribution is 2.31. The molecule has 0 aromatic carbocycles. The van der Waals surface area contributed by atoms with E-state index in [0.717, 1.165) is 32.5 Å². The van der Waals surface area contributed by atoms with Crippen LogP contribution in [0.4, 0.5) is 13.2 Å². The molecule has 1 aromatic rings. The number of thiophene rings is 1. The number of nitrogens with zero attached hydrogens (tertiary/aromatic N) is 2. The Hall–Kier alpha value is -1.91. The van der Waals surface area contributed by atoms with Crippen LogP contribution >= 0.6 is 11.3 Å². The fourth-order valence-corrected chi connectivity index (χ4v) is 4.25. The van der Waals surface area contributed by atoms with Crippen molar-refractivity contribution in [3.05, 3.63) is 34.5 Å². The second kappa shape index (κ2) is 9.73. The summed E-state index contributed by atoms with van der Waals surface area (Å²) < 4.78 is 37.7. The molecule has 6 nitrogen and oxygen atoms in total. The van der Waals surface area contributed by atoms with Crippen LogP contribution in [-0.4, -0.2) is 71.3 Å². The lowest BCUT2D eigenvalue weighted by molar-refractivity contribution is -0.192. The van der Waals surface area contributed by atoms with Gasteiger partial charge in [0.1, 0.15) is 6.61 Å². The van der Waals surface area contributed by atoms with Crippen molar-refractivity contribution in [3.63, 3.8) is 0 Å². The van der Waals surface area contributed by atoms with Crippen LogP contribution in [0.5, 0.6) is 0 Å². The maximum Gasteiger partial charge on any atom is 0.490 e. The van der Waals surface area contributed by atoms with E-state index in [1.807, 2.05) is 16.2 Å². The molecule has 0 aliphatic carbocycles. The zero-order valence-electron chi connectivity index (χ0n) is 16.2. The molecule has 0 saturated carbocycles. The van der Waals surface area contributed by atoms with Crippen molar-refractivity contribution in [2.45, 2.75) is 38.1 Å². The van der Waals surface area contributed by atoms with Gasteiger partial charge in [0.05, 0.1) is 12.1 Å². The molecule has 3 rings (SSSR count). The van der Waals surface area contributed by atoms with Gasteiger partial charge >= 0.3 is 12.1 Å². The second-order valence-corrected chi connectivity index (χ2v) is 8.50. The number of alkyl halides is 3. The molecule has 2 fully saturated rings. The third-order valence-electron chi connectivity index (χ3n) is 4.87. The van der Waals surface area contributed by atoms with Gasteiger partial charge in [0.25, 0.3) is 0 Å². The number of rotatable bonds is 4. The minimum Gasteiger partial charge on any atom is -0.475 e. The Kier molecular flexibility index (Phi) is 7.84. The molecule has 0 unspecified atom stereocenters. The zero-order valence-corrected chi connectivity index (χ0v) is 17.0. The molecular weight excluding hydrogens is 409 g/mol. The molecular formula is C19H25F3N2O4S. The quantitative estimate of drug-likeness (QED) is 0.738. The first kappa shape index (κ1) is 23.4. The van der Waals surface area contributed by atoms with Crippen molar-refractivity contribution in [1.29, 1.82) is 0 Å². The van der Waals surface area contributed by atoms with Gasteiger partial charge in [0, 0.05) is 35.9 Å². The van der Waals surface area contributed by atoms with Crippen molar-refractivity contribution in [2.75, 3.05) is 32.8 Å². The fourth-order valence-electron chi connectivity index (χ4n) is 3.32. The van der Waals surface area contributed by atoms with E-state index in [2.05, 4.69) is 30.5 Å². The van der Waals surface area contributed by atoms with Crippen molar-refractivity contribution in [2.24, 2.45) is 0 Å². The van der Waals surface area contributed by atoms with E-state index >= 15 is 0 Å². The summed E-state index contributed by atoms with van der Waals surface area (Å²) in [6.45, 7) is 10.6. The van der Waals surface area contributed by atoms with Crippen LogP contribution in [0.15, 0.2) is 24.8 Å². The zero-order chi connectivity index (χ0) is 21.7. The molecule has 0 bridgehead atoms. The summed E-state index contributed by atoms with van der Waals surface area (Å²) in [7, 11) is 0. The molecule has 162 valence electrons. The van der Waals surface area contributed by atoms with E-state index in [4.69, 9.17) is 14.6 Å². The molecule has 10 heteroatoms. The van der Waals surface area contributed by atoms with Crippen LogP contribution in [-0.2, 0) is 20.9 Å². The van der Waals surface area contributed by atoms with E-state index in [1.165, 1.54) is 9.75 Å². The number of carboxylic acids is 1. The highest BCUT2D eigenvalue weighted by molar-refractivity contribution is 7.11. The third-order valence-corrected chi connectivity index (χ3v) is 5.85. The number of carbonyl (C=O) groups is 2. The number of aliphatic carboxylic acids is 1. The highest BCUT2D eigenvalue weighted by atomic mass is 32.1. The Bertz CT molecular complexity index is 727. The molecule has 1 spiro atoms. The number of ether oxygens (including phenoxy) is 1. The van der Waals surface area contributed by atoms with E-state index in [9.17, 15) is 18.0 Å². The summed E-state index contributed by atoms with van der Waals surface area (Å²) in [5, 5.41) is 7.12. The second-order valence-electron chi connectivity index (χ2n) is 7.13. The number of likely N-dealkylation sites (tertiary alicyclic amines) is 1. The predicted molar refractivity (Wildman–Crippen MR) is 103 cm³/mol. The van der Waals surface area contributed by atoms with E-state index in [0.29, 0.717) is 13.1 Å². The number of carboxylic acid groups (broad SMARTS) is 1. The van der Waals surface area contributed by atoms with Crippen LogP contribution in [0.2, 0.25) is 0 Å². The number of piperidine rings is 1. The van der Waals surface area contributed by atoms with E-state index in [1.54, 1.807) is 6.08 Å². The minimum absolute atomic E-state index is 0.0852. The Morgan fingerprint density at radius 1 is 1.38 bits per heavy atom. The van der Waals surface area contributed by atoms with Gasteiger partial charge < -0.3 is 14.7 Å². The van der Waals surface area contributed by atoms with Crippen LogP contribution in [0.25, 0.3) is 0 Å². The van der Waals surface area contributed by atoms with Crippen molar-refractivity contribution in [3.8, 4) is 0 Å². The number of hydrogen-bond acceptors (Lipinski definition) is 5. The molecule has 2 saturated heterocycles. The molecule has 2 aliphatic rings. The van der Waals surface area contributed by atoms with Crippen LogP contribution in [0, 0.1) is 6.92 Å². The Labute approximate surface area is 171 Å². The summed E-state index contributed by atoms with van der Waals surface area (Å²) in [5.74, 6) is -2.67. The molecule has 0 atom stereocenters. The summed E-state index contributed by atoms with van der Waals surface area (Å²) in [6.07, 6.45) is -1.29. The van der Waals surface area contributed by atoms with Crippen LogP contribution < -0.4 is 0 Å². The molecule has 29 heavy (non-hydrogen) atoms. The smallest absolute Gasteiger partial charge is 0.475 e. The van der Waals surface area contributed by atoms with Crippen molar-refractivity contribution in [1.82, 2.24) is 9.80 Å². The topological polar surface area (TPSA) is 70.1 Å². The van der Waals surface area contributed by atoms with Gasteiger partial charge in [-0.1, -0.05) is 6.08 Å². The molecule has 3 heterocycles. The average molecular weight is 434 g/mol. The van der Waals surface area contributed by atoms with Crippen LogP contribution in [0.1, 0.15) is 22.6 Å². The lowest BCUT2D eigenvalue weighted by Crippen LogP contribution is -2.58. The third kappa shape index (κ3) is 6.83. The number of hydrogen-bond donors (Lipinski definition) is 1. The monoisotopic (exact) mass is 434 g/mol. The summed E-state index contributed by atoms with van der Waals surface area (Å²) in [6, 6.07) is 4.42. The summed E-state index contributed by atoms with van der Waals surface area (Å²) in [5.41, 5.74) is -0.140. The maximum absolute atomic E-state index is 11.9. The van der Waals surface area contributed by atoms with Crippen LogP contribution in [0.3, 0.4) is 0 Å². The standard InChI is InChI=1S/C17H24N2O2S.C2HF3O2/c1-3-8-19-13-17(21-12-16(19)20)6-9-18(10-7-17)11-15-5-4-14(2)22-15;3-2(4,5)1(6)7/h3-5H,1,6-13H2,2H3;(H,6,7). The number of carbonyl (C=O) groups excluding carboxylic acids is 1. The van der Waals surface area contributed by atoms with Gasteiger partial charge in [-0.3, -0.25) is 9.69 Å². The molecule has 2 aliphatic heterocycles. The summed E-state index contributed by atoms with van der Waals surface area (Å²) in [4.78, 5) is 27.9. The number of amides is 1. The maximum atomic E-state index is 11.9. The Morgan fingerprint density at radius 3 is 2.48 bits per heavy atom. The van der Waals surface area contributed by atoms with Gasteiger partial charge in [0.2, 0.25) is 5.91 Å². The lowest BCUT2D eigenvalue weighted by atomic mass is 9.89. The molecule has 1 amide bonds. The van der Waals surface area contributed by atoms with Gasteiger partial charge in [-0.15, -0.1) is 17.9 Å². The van der Waals surface area contributed by atoms with Gasteiger partial charge in [-0.2, -0.15) is 13.2 Å². The number of halogens is 3. The predicted octanol–water partition coefficient (Wildman–Crippen LogP) is 3.07. The normalized spacial score (nSPS) is 19.6. The average Bonchev–Trinajstić information content (AvgIpc) is 3.05. The number of morpholine rings is 1. The largest absolute Gasteiger partial charge is 0.490 e. The minimum atomic E-state index is -5.08. The van der Waals surface area contributed by atoms with Gasteiger partial charge in [-0.05, 0) is 31.9 Å². The van der Waals surface area contributed by atoms with Crippen molar-refractivity contribution < 1.29 is 32.6 Å². The summed E-state index contributed by atoms with van der Waals surface area (Å²) >= 11 is 1.88. The Morgan fingerprint density at radius 2 is 2.00 bits per heavy atom. The lowest BCUT2D eigenvalue weighted by Gasteiger charge is -2.46. The highest BCUT2D eigenvalue weighted by Gasteiger charge is 2.42. The molecule has 1 aromatic heterocycles. The van der Waals surface area contributed by atoms with Gasteiger partial charge in [-0.25, -0.2) is 4.79 Å². The Balaban J connectivity index is 0.000000370. The SMILES string of the molecule is C=CCN1CC2(CCN(Cc3ccc(C)s3)CC2)OCC1=O.O=C(O)C(F)(F)F. The first-order valence-corrected chi connectivity index (χ1v) is 9.97. The number of aryl methyl sites for hydroxylation is 1. The van der Waals surface area contributed by atoms with Gasteiger partial charge in [0.15, 0.2) is 0 Å². The first-order chi connectivity index (χ1) is 13.5.